The lowest BCUT2D eigenvalue weighted by molar-refractivity contribution is -0.443. The van der Waals surface area contributed by atoms with Crippen LogP contribution in [-0.2, 0) is 14.3 Å². The third-order valence-electron chi connectivity index (χ3n) is 4.15. The Kier molecular flexibility index (Phi) is 8.54. The summed E-state index contributed by atoms with van der Waals surface area (Å²) < 4.78 is 182. The summed E-state index contributed by atoms with van der Waals surface area (Å²) in [7, 11) is 0.562. The summed E-state index contributed by atoms with van der Waals surface area (Å²) in [6.07, 6.45) is -9.37. The SMILES string of the molecule is COC(=O)NC(C(=O)OC(C)(C)C)C(C)C(F)(F)C(F)(F)C(F)(F)C(F)(F)C(F)(F)C(F)(F)F. The van der Waals surface area contributed by atoms with Gasteiger partial charge in [-0.2, -0.15) is 57.1 Å². The minimum Gasteiger partial charge on any atom is -0.458 e. The molecule has 0 rings (SSSR count). The zero-order chi connectivity index (χ0) is 27.9. The van der Waals surface area contributed by atoms with Crippen LogP contribution in [0.2, 0.25) is 0 Å². The molecule has 1 amide bonds. The Hall–Kier alpha value is -2.17. The van der Waals surface area contributed by atoms with Crippen molar-refractivity contribution in [2.75, 3.05) is 7.11 Å². The zero-order valence-electron chi connectivity index (χ0n) is 17.7. The molecule has 0 aromatic heterocycles. The summed E-state index contributed by atoms with van der Waals surface area (Å²) in [6.45, 7) is 3.08. The molecule has 0 aromatic rings. The lowest BCUT2D eigenvalue weighted by Crippen LogP contribution is -2.72. The summed E-state index contributed by atoms with van der Waals surface area (Å²) in [5, 5.41) is 1.20. The van der Waals surface area contributed by atoms with E-state index in [4.69, 9.17) is 0 Å². The van der Waals surface area contributed by atoms with E-state index in [0.29, 0.717) is 7.11 Å². The van der Waals surface area contributed by atoms with Crippen LogP contribution in [0.3, 0.4) is 0 Å². The van der Waals surface area contributed by atoms with E-state index in [1.807, 2.05) is 0 Å². The fraction of sp³-hybridized carbons (Fsp3) is 0.875. The van der Waals surface area contributed by atoms with Crippen LogP contribution >= 0.6 is 0 Å². The van der Waals surface area contributed by atoms with Crippen LogP contribution in [0.5, 0.6) is 0 Å². The number of halogens is 13. The van der Waals surface area contributed by atoms with E-state index in [2.05, 4.69) is 9.47 Å². The Labute approximate surface area is 182 Å². The van der Waals surface area contributed by atoms with Crippen molar-refractivity contribution in [1.29, 1.82) is 0 Å². The van der Waals surface area contributed by atoms with Gasteiger partial charge in [0, 0.05) is 0 Å². The van der Waals surface area contributed by atoms with Crippen LogP contribution in [0, 0.1) is 5.92 Å². The van der Waals surface area contributed by atoms with Gasteiger partial charge in [-0.15, -0.1) is 0 Å². The number of ether oxygens (including phenoxy) is 2. The molecule has 0 saturated carbocycles. The summed E-state index contributed by atoms with van der Waals surface area (Å²) in [5.41, 5.74) is -1.59. The molecule has 2 atom stereocenters. The number of alkyl halides is 13. The third kappa shape index (κ3) is 5.39. The van der Waals surface area contributed by atoms with E-state index < -0.39 is 65.4 Å². The second kappa shape index (κ2) is 9.13. The lowest BCUT2D eigenvalue weighted by atomic mass is 9.84. The predicted molar refractivity (Wildman–Crippen MR) is 85.1 cm³/mol. The molecule has 0 aliphatic heterocycles. The Balaban J connectivity index is 6.64. The first kappa shape index (κ1) is 31.8. The fourth-order valence-electron chi connectivity index (χ4n) is 2.22. The molecule has 1 N–H and O–H groups in total. The Morgan fingerprint density at radius 1 is 0.706 bits per heavy atom. The summed E-state index contributed by atoms with van der Waals surface area (Å²) >= 11 is 0. The molecule has 5 nitrogen and oxygen atoms in total. The number of hydrogen-bond donors (Lipinski definition) is 1. The van der Waals surface area contributed by atoms with Crippen LogP contribution in [0.25, 0.3) is 0 Å². The number of methoxy groups -OCH3 is 1. The number of rotatable bonds is 8. The van der Waals surface area contributed by atoms with Crippen molar-refractivity contribution < 1.29 is 76.1 Å². The average molecular weight is 535 g/mol. The van der Waals surface area contributed by atoms with Crippen molar-refractivity contribution in [1.82, 2.24) is 5.32 Å². The number of amides is 1. The monoisotopic (exact) mass is 535 g/mol. The first-order valence-electron chi connectivity index (χ1n) is 8.66. The predicted octanol–water partition coefficient (Wildman–Crippen LogP) is 5.43. The zero-order valence-corrected chi connectivity index (χ0v) is 17.7. The quantitative estimate of drug-likeness (QED) is 0.333. The van der Waals surface area contributed by atoms with Gasteiger partial charge in [0.25, 0.3) is 0 Å². The summed E-state index contributed by atoms with van der Waals surface area (Å²) in [6, 6.07) is -3.06. The Morgan fingerprint density at radius 3 is 1.41 bits per heavy atom. The second-order valence-corrected chi connectivity index (χ2v) is 7.85. The number of carbonyl (C=O) groups is 2. The number of nitrogens with one attached hydrogen (secondary N) is 1. The van der Waals surface area contributed by atoms with Gasteiger partial charge < -0.3 is 14.8 Å². The van der Waals surface area contributed by atoms with Crippen LogP contribution in [-0.4, -0.2) is 66.6 Å². The van der Waals surface area contributed by atoms with Crippen molar-refractivity contribution >= 4 is 12.1 Å². The first-order valence-corrected chi connectivity index (χ1v) is 8.66. The molecule has 0 bridgehead atoms. The van der Waals surface area contributed by atoms with Gasteiger partial charge in [0.05, 0.1) is 13.0 Å². The lowest BCUT2D eigenvalue weighted by Gasteiger charge is -2.42. The average Bonchev–Trinajstić information content (AvgIpc) is 2.61. The first-order chi connectivity index (χ1) is 14.6. The van der Waals surface area contributed by atoms with Gasteiger partial charge in [0.2, 0.25) is 0 Å². The maximum absolute atomic E-state index is 14.4. The van der Waals surface area contributed by atoms with Gasteiger partial charge in [-0.25, -0.2) is 9.59 Å². The van der Waals surface area contributed by atoms with E-state index >= 15 is 0 Å². The smallest absolute Gasteiger partial charge is 0.458 e. The summed E-state index contributed by atoms with van der Waals surface area (Å²) in [5.74, 6) is -44.0. The van der Waals surface area contributed by atoms with E-state index in [1.165, 1.54) is 5.32 Å². The molecule has 0 fully saturated rings. The number of carbonyl (C=O) groups excluding carboxylic acids is 2. The molecular weight excluding hydrogens is 517 g/mol. The second-order valence-electron chi connectivity index (χ2n) is 7.85. The van der Waals surface area contributed by atoms with E-state index in [0.717, 1.165) is 20.8 Å². The van der Waals surface area contributed by atoms with Crippen molar-refractivity contribution in [2.45, 2.75) is 75.1 Å². The van der Waals surface area contributed by atoms with E-state index in [-0.39, 0.29) is 6.92 Å². The molecule has 0 heterocycles. The topological polar surface area (TPSA) is 64.6 Å². The molecule has 18 heteroatoms. The van der Waals surface area contributed by atoms with Gasteiger partial charge in [-0.1, -0.05) is 6.92 Å². The maximum Gasteiger partial charge on any atom is 0.460 e. The highest BCUT2D eigenvalue weighted by Gasteiger charge is 2.91. The van der Waals surface area contributed by atoms with Crippen LogP contribution in [0.15, 0.2) is 0 Å². The molecule has 2 unspecified atom stereocenters. The minimum absolute atomic E-state index is 0.186. The van der Waals surface area contributed by atoms with Crippen molar-refractivity contribution in [2.24, 2.45) is 5.92 Å². The highest BCUT2D eigenvalue weighted by molar-refractivity contribution is 5.82. The van der Waals surface area contributed by atoms with Gasteiger partial charge in [0.1, 0.15) is 11.6 Å². The van der Waals surface area contributed by atoms with Gasteiger partial charge in [-0.3, -0.25) is 0 Å². The molecular formula is C16H18F13NO4. The highest BCUT2D eigenvalue weighted by Crippen LogP contribution is 2.61. The molecule has 0 saturated heterocycles. The number of hydrogen-bond acceptors (Lipinski definition) is 4. The molecule has 0 aromatic carbocycles. The van der Waals surface area contributed by atoms with Gasteiger partial charge in [-0.05, 0) is 20.8 Å². The van der Waals surface area contributed by atoms with E-state index in [9.17, 15) is 66.7 Å². The van der Waals surface area contributed by atoms with Crippen molar-refractivity contribution in [3.63, 3.8) is 0 Å². The van der Waals surface area contributed by atoms with Crippen LogP contribution in [0.1, 0.15) is 27.7 Å². The molecule has 0 aliphatic rings. The van der Waals surface area contributed by atoms with Gasteiger partial charge in [0.15, 0.2) is 0 Å². The molecule has 0 spiro atoms. The Morgan fingerprint density at radius 2 is 1.09 bits per heavy atom. The van der Waals surface area contributed by atoms with Crippen molar-refractivity contribution in [3.05, 3.63) is 0 Å². The standard InChI is InChI=1S/C16H18F13NO4/c1-6(7(30-9(32)33-5)8(31)34-10(2,3)4)11(17,18)12(19,20)13(21,22)14(23,24)15(25,26)16(27,28)29/h6-7H,1-5H3,(H,30,32). The largest absolute Gasteiger partial charge is 0.460 e. The fourth-order valence-corrected chi connectivity index (χ4v) is 2.22. The third-order valence-corrected chi connectivity index (χ3v) is 4.15. The minimum atomic E-state index is -8.10. The normalized spacial score (nSPS) is 16.5. The van der Waals surface area contributed by atoms with Crippen LogP contribution < -0.4 is 5.32 Å². The van der Waals surface area contributed by atoms with Crippen LogP contribution in [0.4, 0.5) is 61.9 Å². The number of alkyl carbamates (subject to hydrolysis) is 1. The molecule has 0 radical (unpaired) electrons. The number of esters is 1. The highest BCUT2D eigenvalue weighted by atomic mass is 19.4. The maximum atomic E-state index is 14.4. The van der Waals surface area contributed by atoms with E-state index in [1.54, 1.807) is 0 Å². The molecule has 202 valence electrons. The van der Waals surface area contributed by atoms with Crippen molar-refractivity contribution in [3.8, 4) is 0 Å². The Bertz CT molecular complexity index is 759. The molecule has 0 aliphatic carbocycles. The molecule has 34 heavy (non-hydrogen) atoms. The van der Waals surface area contributed by atoms with Gasteiger partial charge >= 0.3 is 47.9 Å². The summed E-state index contributed by atoms with van der Waals surface area (Å²) in [4.78, 5) is 23.4.